The lowest BCUT2D eigenvalue weighted by atomic mass is 10.0. The number of hydrogen-bond donors (Lipinski definition) is 1. The molecule has 30 heavy (non-hydrogen) atoms. The van der Waals surface area contributed by atoms with Gasteiger partial charge in [0, 0.05) is 24.7 Å². The molecule has 0 aliphatic carbocycles. The van der Waals surface area contributed by atoms with Gasteiger partial charge >= 0.3 is 0 Å². The third-order valence-corrected chi connectivity index (χ3v) is 5.26. The number of nitrogens with one attached hydrogen (secondary N) is 1. The van der Waals surface area contributed by atoms with Gasteiger partial charge in [0.05, 0.1) is 6.61 Å². The Morgan fingerprint density at radius 3 is 2.40 bits per heavy atom. The van der Waals surface area contributed by atoms with Crippen molar-refractivity contribution in [3.63, 3.8) is 0 Å². The van der Waals surface area contributed by atoms with Crippen LogP contribution in [0.3, 0.4) is 0 Å². The molecule has 2 aromatic carbocycles. The number of ether oxygens (including phenoxy) is 2. The number of nitrogens with zero attached hydrogens (tertiary/aromatic N) is 1. The van der Waals surface area contributed by atoms with Crippen LogP contribution in [0.25, 0.3) is 0 Å². The third-order valence-electron chi connectivity index (χ3n) is 5.26. The number of aryl methyl sites for hydroxylation is 2. The van der Waals surface area contributed by atoms with Gasteiger partial charge in [-0.3, -0.25) is 9.59 Å². The molecule has 3 rings (SSSR count). The summed E-state index contributed by atoms with van der Waals surface area (Å²) in [7, 11) is 0. The van der Waals surface area contributed by atoms with E-state index in [1.807, 2.05) is 56.0 Å². The fraction of sp³-hybridized carbons (Fsp3) is 0.417. The summed E-state index contributed by atoms with van der Waals surface area (Å²) in [6.07, 6.45) is 1.47. The van der Waals surface area contributed by atoms with Gasteiger partial charge in [0.15, 0.2) is 6.61 Å². The van der Waals surface area contributed by atoms with Crippen molar-refractivity contribution in [1.82, 2.24) is 10.2 Å². The molecule has 160 valence electrons. The van der Waals surface area contributed by atoms with Crippen LogP contribution >= 0.6 is 0 Å². The lowest BCUT2D eigenvalue weighted by Crippen LogP contribution is -2.47. The Balaban J connectivity index is 1.44. The SMILES string of the molecule is CCOc1ccc(C(=O)N2CCC(NC(=O)COc3cc(C)ccc3C)CC2)cc1. The van der Waals surface area contributed by atoms with Gasteiger partial charge in [-0.1, -0.05) is 12.1 Å². The van der Waals surface area contributed by atoms with E-state index in [4.69, 9.17) is 9.47 Å². The first kappa shape index (κ1) is 21.7. The summed E-state index contributed by atoms with van der Waals surface area (Å²) in [5.74, 6) is 1.38. The van der Waals surface area contributed by atoms with Gasteiger partial charge in [0.25, 0.3) is 11.8 Å². The predicted molar refractivity (Wildman–Crippen MR) is 116 cm³/mol. The first-order valence-electron chi connectivity index (χ1n) is 10.5. The van der Waals surface area contributed by atoms with Crippen LogP contribution in [0.4, 0.5) is 0 Å². The molecule has 1 aliphatic heterocycles. The maximum Gasteiger partial charge on any atom is 0.258 e. The molecule has 1 heterocycles. The van der Waals surface area contributed by atoms with Crippen LogP contribution < -0.4 is 14.8 Å². The number of piperidine rings is 1. The van der Waals surface area contributed by atoms with E-state index in [9.17, 15) is 9.59 Å². The summed E-state index contributed by atoms with van der Waals surface area (Å²) in [5.41, 5.74) is 2.76. The summed E-state index contributed by atoms with van der Waals surface area (Å²) in [6, 6.07) is 13.2. The lowest BCUT2D eigenvalue weighted by Gasteiger charge is -2.32. The average molecular weight is 411 g/mol. The summed E-state index contributed by atoms with van der Waals surface area (Å²) >= 11 is 0. The van der Waals surface area contributed by atoms with Crippen LogP contribution in [0.1, 0.15) is 41.3 Å². The molecule has 0 aromatic heterocycles. The highest BCUT2D eigenvalue weighted by Gasteiger charge is 2.24. The van der Waals surface area contributed by atoms with E-state index >= 15 is 0 Å². The molecule has 1 fully saturated rings. The number of carbonyl (C=O) groups is 2. The van der Waals surface area contributed by atoms with Crippen molar-refractivity contribution in [2.45, 2.75) is 39.7 Å². The number of hydrogen-bond acceptors (Lipinski definition) is 4. The monoisotopic (exact) mass is 410 g/mol. The summed E-state index contributed by atoms with van der Waals surface area (Å²) in [6.45, 7) is 7.72. The van der Waals surface area contributed by atoms with Crippen molar-refractivity contribution >= 4 is 11.8 Å². The number of amides is 2. The van der Waals surface area contributed by atoms with Crippen LogP contribution in [0.2, 0.25) is 0 Å². The summed E-state index contributed by atoms with van der Waals surface area (Å²) in [4.78, 5) is 26.8. The van der Waals surface area contributed by atoms with E-state index in [0.29, 0.717) is 25.3 Å². The minimum absolute atomic E-state index is 0.00435. The van der Waals surface area contributed by atoms with Crippen LogP contribution in [0.15, 0.2) is 42.5 Å². The fourth-order valence-electron chi connectivity index (χ4n) is 3.55. The van der Waals surface area contributed by atoms with Gasteiger partial charge in [-0.25, -0.2) is 0 Å². The molecule has 1 aliphatic rings. The molecule has 1 N–H and O–H groups in total. The van der Waals surface area contributed by atoms with Gasteiger partial charge in [0.2, 0.25) is 0 Å². The third kappa shape index (κ3) is 5.75. The number of carbonyl (C=O) groups excluding carboxylic acids is 2. The van der Waals surface area contributed by atoms with Crippen LogP contribution in [0, 0.1) is 13.8 Å². The second kappa shape index (κ2) is 10.1. The Bertz CT molecular complexity index is 871. The standard InChI is InChI=1S/C24H30N2O4/c1-4-29-21-9-7-19(8-10-21)24(28)26-13-11-20(12-14-26)25-23(27)16-30-22-15-17(2)5-6-18(22)3/h5-10,15,20H,4,11-14,16H2,1-3H3,(H,25,27). The van der Waals surface area contributed by atoms with Crippen molar-refractivity contribution in [2.24, 2.45) is 0 Å². The van der Waals surface area contributed by atoms with E-state index in [1.165, 1.54) is 0 Å². The van der Waals surface area contributed by atoms with Gasteiger partial charge in [-0.05, 0) is 75.1 Å². The minimum Gasteiger partial charge on any atom is -0.494 e. The molecule has 1 saturated heterocycles. The smallest absolute Gasteiger partial charge is 0.258 e. The second-order valence-corrected chi connectivity index (χ2v) is 7.65. The Kier molecular flexibility index (Phi) is 7.33. The van der Waals surface area contributed by atoms with Crippen molar-refractivity contribution in [3.05, 3.63) is 59.2 Å². The molecule has 2 amide bonds. The summed E-state index contributed by atoms with van der Waals surface area (Å²) < 4.78 is 11.1. The molecular weight excluding hydrogens is 380 g/mol. The number of benzene rings is 2. The van der Waals surface area contributed by atoms with Gasteiger partial charge in [-0.2, -0.15) is 0 Å². The van der Waals surface area contributed by atoms with E-state index in [0.717, 1.165) is 35.5 Å². The van der Waals surface area contributed by atoms with Crippen LogP contribution in [-0.2, 0) is 4.79 Å². The zero-order valence-corrected chi connectivity index (χ0v) is 17.9. The van der Waals surface area contributed by atoms with Crippen molar-refractivity contribution in [1.29, 1.82) is 0 Å². The molecule has 0 saturated carbocycles. The van der Waals surface area contributed by atoms with E-state index in [2.05, 4.69) is 5.32 Å². The van der Waals surface area contributed by atoms with Crippen molar-refractivity contribution in [2.75, 3.05) is 26.3 Å². The number of likely N-dealkylation sites (tertiary alicyclic amines) is 1. The largest absolute Gasteiger partial charge is 0.494 e. The molecule has 6 nitrogen and oxygen atoms in total. The molecule has 0 unspecified atom stereocenters. The Labute approximate surface area is 178 Å². The van der Waals surface area contributed by atoms with Gasteiger partial charge < -0.3 is 19.7 Å². The molecule has 2 aromatic rings. The van der Waals surface area contributed by atoms with Crippen molar-refractivity contribution < 1.29 is 19.1 Å². The molecule has 0 radical (unpaired) electrons. The zero-order valence-electron chi connectivity index (χ0n) is 17.9. The number of rotatable bonds is 7. The predicted octanol–water partition coefficient (Wildman–Crippen LogP) is 3.50. The highest BCUT2D eigenvalue weighted by Crippen LogP contribution is 2.19. The quantitative estimate of drug-likeness (QED) is 0.759. The Hall–Kier alpha value is -3.02. The zero-order chi connectivity index (χ0) is 21.5. The molecular formula is C24H30N2O4. The van der Waals surface area contributed by atoms with E-state index < -0.39 is 0 Å². The minimum atomic E-state index is -0.132. The molecule has 6 heteroatoms. The van der Waals surface area contributed by atoms with E-state index in [-0.39, 0.29) is 24.5 Å². The Morgan fingerprint density at radius 1 is 1.03 bits per heavy atom. The van der Waals surface area contributed by atoms with Gasteiger partial charge in [-0.15, -0.1) is 0 Å². The normalized spacial score (nSPS) is 14.3. The van der Waals surface area contributed by atoms with Crippen molar-refractivity contribution in [3.8, 4) is 11.5 Å². The maximum absolute atomic E-state index is 12.7. The van der Waals surface area contributed by atoms with E-state index in [1.54, 1.807) is 12.1 Å². The first-order valence-corrected chi connectivity index (χ1v) is 10.5. The van der Waals surface area contributed by atoms with Crippen LogP contribution in [0.5, 0.6) is 11.5 Å². The average Bonchev–Trinajstić information content (AvgIpc) is 2.75. The first-order chi connectivity index (χ1) is 14.5. The molecule has 0 bridgehead atoms. The topological polar surface area (TPSA) is 67.9 Å². The summed E-state index contributed by atoms with van der Waals surface area (Å²) in [5, 5.41) is 3.03. The molecule has 0 atom stereocenters. The molecule has 0 spiro atoms. The Morgan fingerprint density at radius 2 is 1.73 bits per heavy atom. The van der Waals surface area contributed by atoms with Gasteiger partial charge in [0.1, 0.15) is 11.5 Å². The highest BCUT2D eigenvalue weighted by atomic mass is 16.5. The fourth-order valence-corrected chi connectivity index (χ4v) is 3.55. The van der Waals surface area contributed by atoms with Crippen LogP contribution in [-0.4, -0.2) is 49.1 Å². The highest BCUT2D eigenvalue weighted by molar-refractivity contribution is 5.94. The second-order valence-electron chi connectivity index (χ2n) is 7.65. The lowest BCUT2D eigenvalue weighted by molar-refractivity contribution is -0.124. The maximum atomic E-state index is 12.7.